The number of hydrogen-bond acceptors (Lipinski definition) is 3. The maximum atomic E-state index is 13.3. The van der Waals surface area contributed by atoms with Gasteiger partial charge < -0.3 is 15.0 Å². The Kier molecular flexibility index (Phi) is 8.35. The largest absolute Gasteiger partial charge is 0.497 e. The van der Waals surface area contributed by atoms with Crippen LogP contribution < -0.4 is 10.1 Å². The summed E-state index contributed by atoms with van der Waals surface area (Å²) in [5, 5.41) is 3.75. The van der Waals surface area contributed by atoms with E-state index in [1.165, 1.54) is 6.42 Å². The van der Waals surface area contributed by atoms with Crippen molar-refractivity contribution in [3.63, 3.8) is 0 Å². The van der Waals surface area contributed by atoms with Crippen LogP contribution in [0.2, 0.25) is 5.02 Å². The van der Waals surface area contributed by atoms with E-state index in [-0.39, 0.29) is 24.3 Å². The van der Waals surface area contributed by atoms with E-state index in [1.807, 2.05) is 36.4 Å². The summed E-state index contributed by atoms with van der Waals surface area (Å²) >= 11 is 6.09. The third-order valence-electron chi connectivity index (χ3n) is 5.85. The first-order chi connectivity index (χ1) is 15.0. The van der Waals surface area contributed by atoms with Crippen LogP contribution in [-0.2, 0) is 22.6 Å². The van der Waals surface area contributed by atoms with Crippen LogP contribution in [0.25, 0.3) is 0 Å². The lowest BCUT2D eigenvalue weighted by Crippen LogP contribution is -2.50. The molecule has 0 aromatic heterocycles. The van der Waals surface area contributed by atoms with Gasteiger partial charge in [0.15, 0.2) is 0 Å². The van der Waals surface area contributed by atoms with Crippen LogP contribution in [0.15, 0.2) is 48.5 Å². The van der Waals surface area contributed by atoms with Crippen molar-refractivity contribution < 1.29 is 14.3 Å². The van der Waals surface area contributed by atoms with Gasteiger partial charge in [0, 0.05) is 17.6 Å². The number of ether oxygens (including phenoxy) is 1. The van der Waals surface area contributed by atoms with Crippen molar-refractivity contribution in [2.45, 2.75) is 64.1 Å². The van der Waals surface area contributed by atoms with Crippen LogP contribution in [0.1, 0.15) is 50.2 Å². The van der Waals surface area contributed by atoms with E-state index >= 15 is 0 Å². The van der Waals surface area contributed by atoms with Crippen molar-refractivity contribution in [2.24, 2.45) is 0 Å². The number of carbonyl (C=O) groups excluding carboxylic acids is 2. The van der Waals surface area contributed by atoms with Gasteiger partial charge in [-0.1, -0.05) is 55.1 Å². The minimum Gasteiger partial charge on any atom is -0.497 e. The molecule has 1 saturated carbocycles. The molecule has 1 aliphatic carbocycles. The highest BCUT2D eigenvalue weighted by molar-refractivity contribution is 6.30. The maximum absolute atomic E-state index is 13.3. The van der Waals surface area contributed by atoms with E-state index in [4.69, 9.17) is 16.3 Å². The summed E-state index contributed by atoms with van der Waals surface area (Å²) < 4.78 is 5.32. The van der Waals surface area contributed by atoms with Crippen molar-refractivity contribution in [2.75, 3.05) is 7.11 Å². The topological polar surface area (TPSA) is 58.6 Å². The number of methoxy groups -OCH3 is 1. The molecular formula is C25H31ClN2O3. The molecule has 2 amide bonds. The van der Waals surface area contributed by atoms with Gasteiger partial charge in [-0.15, -0.1) is 0 Å². The van der Waals surface area contributed by atoms with Gasteiger partial charge in [-0.25, -0.2) is 0 Å². The van der Waals surface area contributed by atoms with Crippen LogP contribution in [-0.4, -0.2) is 35.9 Å². The number of carbonyl (C=O) groups is 2. The molecule has 1 atom stereocenters. The number of rotatable bonds is 8. The van der Waals surface area contributed by atoms with Crippen molar-refractivity contribution in [3.05, 3.63) is 64.7 Å². The number of nitrogens with one attached hydrogen (secondary N) is 1. The van der Waals surface area contributed by atoms with E-state index in [0.29, 0.717) is 11.6 Å². The molecule has 166 valence electrons. The second kappa shape index (κ2) is 11.2. The SMILES string of the molecule is COc1cccc(CN(C(=O)Cc2cccc(Cl)c2)C(C)C(=O)NC2CCCCC2)c1. The summed E-state index contributed by atoms with van der Waals surface area (Å²) in [7, 11) is 1.61. The number of halogens is 1. The lowest BCUT2D eigenvalue weighted by molar-refractivity contribution is -0.140. The second-order valence-electron chi connectivity index (χ2n) is 8.20. The van der Waals surface area contributed by atoms with Crippen molar-refractivity contribution in [1.29, 1.82) is 0 Å². The Hall–Kier alpha value is -2.53. The zero-order chi connectivity index (χ0) is 22.2. The Labute approximate surface area is 189 Å². The molecule has 2 aromatic rings. The normalized spacial score (nSPS) is 15.2. The average Bonchev–Trinajstić information content (AvgIpc) is 2.77. The Morgan fingerprint density at radius 3 is 2.52 bits per heavy atom. The smallest absolute Gasteiger partial charge is 0.242 e. The molecule has 0 saturated heterocycles. The fourth-order valence-corrected chi connectivity index (χ4v) is 4.25. The molecule has 3 rings (SSSR count). The van der Waals surface area contributed by atoms with Crippen LogP contribution in [0.5, 0.6) is 5.75 Å². The summed E-state index contributed by atoms with van der Waals surface area (Å²) in [5.41, 5.74) is 1.74. The molecule has 2 aromatic carbocycles. The maximum Gasteiger partial charge on any atom is 0.242 e. The molecule has 1 unspecified atom stereocenters. The minimum atomic E-state index is -0.584. The van der Waals surface area contributed by atoms with E-state index in [0.717, 1.165) is 42.6 Å². The Morgan fingerprint density at radius 1 is 1.10 bits per heavy atom. The molecule has 0 bridgehead atoms. The summed E-state index contributed by atoms with van der Waals surface area (Å²) in [5.74, 6) is 0.504. The van der Waals surface area contributed by atoms with Crippen LogP contribution >= 0.6 is 11.6 Å². The molecule has 31 heavy (non-hydrogen) atoms. The van der Waals surface area contributed by atoms with Crippen LogP contribution in [0, 0.1) is 0 Å². The lowest BCUT2D eigenvalue weighted by Gasteiger charge is -2.31. The standard InChI is InChI=1S/C25H31ClN2O3/c1-18(25(30)27-22-11-4-3-5-12-22)28(17-20-9-7-13-23(15-20)31-2)24(29)16-19-8-6-10-21(26)14-19/h6-10,13-15,18,22H,3-5,11-12,16-17H2,1-2H3,(H,27,30). The molecule has 5 nitrogen and oxygen atoms in total. The fraction of sp³-hybridized carbons (Fsp3) is 0.440. The van der Waals surface area contributed by atoms with E-state index in [1.54, 1.807) is 31.1 Å². The molecule has 0 aliphatic heterocycles. The van der Waals surface area contributed by atoms with Gasteiger partial charge in [0.2, 0.25) is 11.8 Å². The van der Waals surface area contributed by atoms with Crippen molar-refractivity contribution in [1.82, 2.24) is 10.2 Å². The highest BCUT2D eigenvalue weighted by atomic mass is 35.5. The average molecular weight is 443 g/mol. The zero-order valence-corrected chi connectivity index (χ0v) is 19.0. The lowest BCUT2D eigenvalue weighted by atomic mass is 9.95. The summed E-state index contributed by atoms with van der Waals surface area (Å²) in [4.78, 5) is 28.0. The Balaban J connectivity index is 1.77. The summed E-state index contributed by atoms with van der Waals surface area (Å²) in [6.07, 6.45) is 5.70. The molecule has 6 heteroatoms. The fourth-order valence-electron chi connectivity index (χ4n) is 4.04. The van der Waals surface area contributed by atoms with Gasteiger partial charge in [0.1, 0.15) is 11.8 Å². The van der Waals surface area contributed by atoms with Gasteiger partial charge in [0.25, 0.3) is 0 Å². The number of benzene rings is 2. The van der Waals surface area contributed by atoms with Gasteiger partial charge in [-0.2, -0.15) is 0 Å². The Bertz CT molecular complexity index is 896. The predicted molar refractivity (Wildman–Crippen MR) is 123 cm³/mol. The molecule has 1 N–H and O–H groups in total. The molecule has 1 fully saturated rings. The Morgan fingerprint density at radius 2 is 1.81 bits per heavy atom. The van der Waals surface area contributed by atoms with Crippen molar-refractivity contribution in [3.8, 4) is 5.75 Å². The van der Waals surface area contributed by atoms with E-state index in [9.17, 15) is 9.59 Å². The minimum absolute atomic E-state index is 0.103. The van der Waals surface area contributed by atoms with Crippen LogP contribution in [0.4, 0.5) is 0 Å². The van der Waals surface area contributed by atoms with E-state index in [2.05, 4.69) is 5.32 Å². The number of nitrogens with zero attached hydrogens (tertiary/aromatic N) is 1. The second-order valence-corrected chi connectivity index (χ2v) is 8.64. The first-order valence-corrected chi connectivity index (χ1v) is 11.3. The number of hydrogen-bond donors (Lipinski definition) is 1. The molecule has 0 heterocycles. The zero-order valence-electron chi connectivity index (χ0n) is 18.3. The monoisotopic (exact) mass is 442 g/mol. The van der Waals surface area contributed by atoms with E-state index < -0.39 is 6.04 Å². The first-order valence-electron chi connectivity index (χ1n) is 10.9. The van der Waals surface area contributed by atoms with Gasteiger partial charge >= 0.3 is 0 Å². The first kappa shape index (κ1) is 23.1. The van der Waals surface area contributed by atoms with Crippen LogP contribution in [0.3, 0.4) is 0 Å². The predicted octanol–water partition coefficient (Wildman–Crippen LogP) is 4.76. The van der Waals surface area contributed by atoms with Gasteiger partial charge in [0.05, 0.1) is 13.5 Å². The van der Waals surface area contributed by atoms with Gasteiger partial charge in [-0.05, 0) is 55.2 Å². The summed E-state index contributed by atoms with van der Waals surface area (Å²) in [6.45, 7) is 2.13. The van der Waals surface area contributed by atoms with Gasteiger partial charge in [-0.3, -0.25) is 9.59 Å². The number of amides is 2. The molecule has 1 aliphatic rings. The highest BCUT2D eigenvalue weighted by Gasteiger charge is 2.28. The molecular weight excluding hydrogens is 412 g/mol. The molecule has 0 radical (unpaired) electrons. The highest BCUT2D eigenvalue weighted by Crippen LogP contribution is 2.20. The molecule has 0 spiro atoms. The summed E-state index contributed by atoms with van der Waals surface area (Å²) in [6, 6.07) is 14.5. The quantitative estimate of drug-likeness (QED) is 0.641. The van der Waals surface area contributed by atoms with Crippen molar-refractivity contribution >= 4 is 23.4 Å². The third kappa shape index (κ3) is 6.73. The third-order valence-corrected chi connectivity index (χ3v) is 6.09.